The molecule has 1 aliphatic carbocycles. The van der Waals surface area contributed by atoms with Crippen molar-refractivity contribution in [2.45, 2.75) is 12.8 Å². The maximum Gasteiger partial charge on any atom is 0.573 e. The number of rotatable bonds is 6. The molecule has 33 heavy (non-hydrogen) atoms. The molecule has 0 bridgehead atoms. The highest BCUT2D eigenvalue weighted by Crippen LogP contribution is 2.36. The molecule has 0 unspecified atom stereocenters. The van der Waals surface area contributed by atoms with Crippen molar-refractivity contribution >= 4 is 21.1 Å². The zero-order chi connectivity index (χ0) is 24.2. The molecule has 0 atom stereocenters. The van der Waals surface area contributed by atoms with Crippen molar-refractivity contribution < 1.29 is 45.0 Å². The molecule has 0 aliphatic heterocycles. The lowest BCUT2D eigenvalue weighted by Crippen LogP contribution is -2.25. The SMILES string of the molecule is COc1cc(F)ccc1Oc1cc(OC(F)(F)F)ccc1C(=O)NC1=CC=CC(=S(=O)=O)C1. The van der Waals surface area contributed by atoms with Crippen LogP contribution >= 0.6 is 0 Å². The lowest BCUT2D eigenvalue weighted by atomic mass is 10.1. The predicted octanol–water partition coefficient (Wildman–Crippen LogP) is 4.15. The summed E-state index contributed by atoms with van der Waals surface area (Å²) in [6, 6.07) is 5.99. The smallest absolute Gasteiger partial charge is 0.493 e. The van der Waals surface area contributed by atoms with Crippen LogP contribution in [0, 0.1) is 5.82 Å². The number of benzene rings is 2. The molecule has 0 fully saturated rings. The Hall–Kier alpha value is -3.80. The molecule has 12 heteroatoms. The van der Waals surface area contributed by atoms with Gasteiger partial charge in [0.2, 0.25) is 10.3 Å². The minimum atomic E-state index is -4.99. The minimum absolute atomic E-state index is 0.0363. The zero-order valence-electron chi connectivity index (χ0n) is 16.8. The Balaban J connectivity index is 1.96. The highest BCUT2D eigenvalue weighted by molar-refractivity contribution is 7.73. The van der Waals surface area contributed by atoms with E-state index in [2.05, 4.69) is 10.1 Å². The number of carbonyl (C=O) groups excluding carboxylic acids is 1. The van der Waals surface area contributed by atoms with E-state index in [1.165, 1.54) is 31.4 Å². The van der Waals surface area contributed by atoms with Crippen LogP contribution in [0.2, 0.25) is 0 Å². The number of methoxy groups -OCH3 is 1. The summed E-state index contributed by atoms with van der Waals surface area (Å²) in [7, 11) is -1.25. The van der Waals surface area contributed by atoms with Crippen LogP contribution in [0.4, 0.5) is 17.6 Å². The van der Waals surface area contributed by atoms with E-state index in [1.54, 1.807) is 0 Å². The summed E-state index contributed by atoms with van der Waals surface area (Å²) in [5.41, 5.74) is 0.0405. The molecule has 1 amide bonds. The number of ether oxygens (including phenoxy) is 3. The van der Waals surface area contributed by atoms with E-state index in [9.17, 15) is 30.8 Å². The molecule has 0 saturated carbocycles. The average Bonchev–Trinajstić information content (AvgIpc) is 2.74. The van der Waals surface area contributed by atoms with Crippen molar-refractivity contribution in [3.05, 3.63) is 71.7 Å². The second kappa shape index (κ2) is 9.77. The Morgan fingerprint density at radius 3 is 2.48 bits per heavy atom. The normalized spacial score (nSPS) is 13.2. The number of nitrogens with one attached hydrogen (secondary N) is 1. The van der Waals surface area contributed by atoms with Gasteiger partial charge in [-0.05, 0) is 36.4 Å². The number of amides is 1. The van der Waals surface area contributed by atoms with E-state index in [1.807, 2.05) is 0 Å². The molecule has 0 heterocycles. The Kier molecular flexibility index (Phi) is 7.07. The van der Waals surface area contributed by atoms with E-state index in [0.717, 1.165) is 30.3 Å². The van der Waals surface area contributed by atoms with E-state index < -0.39 is 34.1 Å². The number of allylic oxidation sites excluding steroid dienone is 4. The minimum Gasteiger partial charge on any atom is -0.493 e. The summed E-state index contributed by atoms with van der Waals surface area (Å²) in [6.45, 7) is 0. The summed E-state index contributed by atoms with van der Waals surface area (Å²) in [6.07, 6.45) is -0.828. The Morgan fingerprint density at radius 2 is 1.82 bits per heavy atom. The summed E-state index contributed by atoms with van der Waals surface area (Å²) in [5.74, 6) is -2.58. The molecular formula is C21H15F4NO6S. The Bertz CT molecular complexity index is 1270. The summed E-state index contributed by atoms with van der Waals surface area (Å²) >= 11 is 0. The molecule has 1 N–H and O–H groups in total. The molecule has 1 aliphatic rings. The van der Waals surface area contributed by atoms with Crippen molar-refractivity contribution in [2.75, 3.05) is 7.11 Å². The van der Waals surface area contributed by atoms with Gasteiger partial charge in [-0.15, -0.1) is 13.2 Å². The zero-order valence-corrected chi connectivity index (χ0v) is 17.6. The van der Waals surface area contributed by atoms with Crippen LogP contribution in [-0.2, 0) is 10.3 Å². The lowest BCUT2D eigenvalue weighted by Gasteiger charge is -2.17. The predicted molar refractivity (Wildman–Crippen MR) is 109 cm³/mol. The average molecular weight is 485 g/mol. The molecule has 7 nitrogen and oxygen atoms in total. The summed E-state index contributed by atoms with van der Waals surface area (Å²) in [5, 5.41) is 2.49. The Labute approximate surface area is 186 Å². The molecule has 174 valence electrons. The van der Waals surface area contributed by atoms with Gasteiger partial charge < -0.3 is 19.5 Å². The second-order valence-corrected chi connectivity index (χ2v) is 7.48. The third-order valence-corrected chi connectivity index (χ3v) is 4.92. The van der Waals surface area contributed by atoms with Crippen LogP contribution in [0.25, 0.3) is 0 Å². The quantitative estimate of drug-likeness (QED) is 0.489. The van der Waals surface area contributed by atoms with E-state index in [4.69, 9.17) is 9.47 Å². The summed E-state index contributed by atoms with van der Waals surface area (Å²) < 4.78 is 88.2. The van der Waals surface area contributed by atoms with Gasteiger partial charge in [-0.3, -0.25) is 4.79 Å². The molecule has 0 spiro atoms. The first-order valence-corrected chi connectivity index (χ1v) is 10.2. The van der Waals surface area contributed by atoms with Crippen molar-refractivity contribution in [1.82, 2.24) is 5.32 Å². The summed E-state index contributed by atoms with van der Waals surface area (Å²) in [4.78, 5) is 12.9. The van der Waals surface area contributed by atoms with Crippen LogP contribution in [0.3, 0.4) is 0 Å². The Morgan fingerprint density at radius 1 is 1.06 bits per heavy atom. The van der Waals surface area contributed by atoms with Gasteiger partial charge in [0.05, 0.1) is 17.5 Å². The van der Waals surface area contributed by atoms with Crippen molar-refractivity contribution in [3.63, 3.8) is 0 Å². The van der Waals surface area contributed by atoms with Gasteiger partial charge in [0, 0.05) is 24.3 Å². The van der Waals surface area contributed by atoms with Gasteiger partial charge in [-0.1, -0.05) is 6.08 Å². The highest BCUT2D eigenvalue weighted by atomic mass is 32.2. The van der Waals surface area contributed by atoms with Gasteiger partial charge in [0.25, 0.3) is 5.91 Å². The van der Waals surface area contributed by atoms with Gasteiger partial charge >= 0.3 is 6.36 Å². The van der Waals surface area contributed by atoms with Crippen molar-refractivity contribution in [2.24, 2.45) is 0 Å². The molecular weight excluding hydrogens is 470 g/mol. The molecule has 2 aromatic carbocycles. The largest absolute Gasteiger partial charge is 0.573 e. The number of alkyl halides is 3. The lowest BCUT2D eigenvalue weighted by molar-refractivity contribution is -0.274. The topological polar surface area (TPSA) is 90.9 Å². The fourth-order valence-corrected chi connectivity index (χ4v) is 3.27. The van der Waals surface area contributed by atoms with Crippen molar-refractivity contribution in [3.8, 4) is 23.0 Å². The molecule has 0 aromatic heterocycles. The van der Waals surface area contributed by atoms with E-state index >= 15 is 0 Å². The number of hydrogen-bond acceptors (Lipinski definition) is 6. The van der Waals surface area contributed by atoms with Gasteiger partial charge in [0.15, 0.2) is 11.5 Å². The van der Waals surface area contributed by atoms with Gasteiger partial charge in [0.1, 0.15) is 17.3 Å². The monoisotopic (exact) mass is 485 g/mol. The van der Waals surface area contributed by atoms with E-state index in [0.29, 0.717) is 0 Å². The van der Waals surface area contributed by atoms with Gasteiger partial charge in [-0.25, -0.2) is 4.39 Å². The molecule has 2 aromatic rings. The van der Waals surface area contributed by atoms with E-state index in [-0.39, 0.29) is 39.8 Å². The first kappa shape index (κ1) is 23.9. The van der Waals surface area contributed by atoms with Crippen molar-refractivity contribution in [1.29, 1.82) is 0 Å². The number of carbonyl (C=O) groups is 1. The molecule has 0 saturated heterocycles. The maximum absolute atomic E-state index is 13.5. The van der Waals surface area contributed by atoms with Crippen LogP contribution in [0.15, 0.2) is 60.3 Å². The number of halogens is 4. The van der Waals surface area contributed by atoms with Crippen LogP contribution in [0.1, 0.15) is 16.8 Å². The first-order chi connectivity index (χ1) is 15.6. The van der Waals surface area contributed by atoms with Crippen LogP contribution in [-0.4, -0.2) is 32.7 Å². The fourth-order valence-electron chi connectivity index (χ4n) is 2.81. The number of hydrogen-bond donors (Lipinski definition) is 1. The highest BCUT2D eigenvalue weighted by Gasteiger charge is 2.32. The standard InChI is InChI=1S/C21H15F4NO6S/c1-30-19-9-12(22)5-8-17(19)31-18-11-14(32-21(23,24)25)6-7-16(18)20(27)26-13-3-2-4-15(10-13)33(28)29/h2-9,11H,10H2,1H3,(H,26,27). The second-order valence-electron chi connectivity index (χ2n) is 6.49. The van der Waals surface area contributed by atoms with Crippen LogP contribution < -0.4 is 19.5 Å². The molecule has 0 radical (unpaired) electrons. The third kappa shape index (κ3) is 6.35. The van der Waals surface area contributed by atoms with Crippen LogP contribution in [0.5, 0.6) is 23.0 Å². The molecule has 3 rings (SSSR count). The maximum atomic E-state index is 13.5. The first-order valence-electron chi connectivity index (χ1n) is 9.10. The third-order valence-electron chi connectivity index (χ3n) is 4.21. The fraction of sp³-hybridized carbons (Fsp3) is 0.143. The van der Waals surface area contributed by atoms with Gasteiger partial charge in [-0.2, -0.15) is 8.42 Å².